The maximum absolute atomic E-state index is 5.53. The van der Waals surface area contributed by atoms with Crippen LogP contribution in [0, 0.1) is 5.92 Å². The van der Waals surface area contributed by atoms with E-state index in [4.69, 9.17) is 10.3 Å². The SMILES string of the molecule is CC(CN)CCc1nc(-c2ncn[nH]2)no1. The molecule has 7 heteroatoms. The number of aryl methyl sites for hydroxylation is 1. The van der Waals surface area contributed by atoms with E-state index in [1.54, 1.807) is 0 Å². The van der Waals surface area contributed by atoms with E-state index in [2.05, 4.69) is 32.2 Å². The summed E-state index contributed by atoms with van der Waals surface area (Å²) in [5.74, 6) is 2.02. The number of nitrogens with two attached hydrogens (primary N) is 1. The third-order valence-electron chi connectivity index (χ3n) is 2.35. The summed E-state index contributed by atoms with van der Waals surface area (Å²) in [5, 5.41) is 10.2. The van der Waals surface area contributed by atoms with Gasteiger partial charge < -0.3 is 10.3 Å². The largest absolute Gasteiger partial charge is 0.339 e. The molecule has 0 fully saturated rings. The second-order valence-electron chi connectivity index (χ2n) is 3.73. The molecule has 0 bridgehead atoms. The Morgan fingerprint density at radius 3 is 3.12 bits per heavy atom. The second-order valence-corrected chi connectivity index (χ2v) is 3.73. The number of rotatable bonds is 5. The van der Waals surface area contributed by atoms with Crippen molar-refractivity contribution in [1.29, 1.82) is 0 Å². The minimum absolute atomic E-state index is 0.438. The lowest BCUT2D eigenvalue weighted by atomic mass is 10.1. The summed E-state index contributed by atoms with van der Waals surface area (Å²) in [5.41, 5.74) is 5.53. The van der Waals surface area contributed by atoms with E-state index in [0.29, 0.717) is 30.0 Å². The van der Waals surface area contributed by atoms with Gasteiger partial charge in [-0.15, -0.1) is 0 Å². The van der Waals surface area contributed by atoms with Crippen LogP contribution in [-0.4, -0.2) is 31.9 Å². The van der Waals surface area contributed by atoms with Crippen LogP contribution in [0.5, 0.6) is 0 Å². The van der Waals surface area contributed by atoms with E-state index >= 15 is 0 Å². The number of aromatic amines is 1. The van der Waals surface area contributed by atoms with Crippen molar-refractivity contribution in [3.63, 3.8) is 0 Å². The first-order valence-corrected chi connectivity index (χ1v) is 5.18. The van der Waals surface area contributed by atoms with E-state index in [0.717, 1.165) is 12.8 Å². The fourth-order valence-electron chi connectivity index (χ4n) is 1.25. The summed E-state index contributed by atoms with van der Waals surface area (Å²) >= 11 is 0. The molecule has 0 aliphatic heterocycles. The highest BCUT2D eigenvalue weighted by atomic mass is 16.5. The van der Waals surface area contributed by atoms with Crippen LogP contribution in [0.1, 0.15) is 19.2 Å². The Morgan fingerprint density at radius 1 is 1.56 bits per heavy atom. The first-order valence-electron chi connectivity index (χ1n) is 5.18. The Labute approximate surface area is 92.5 Å². The molecule has 0 radical (unpaired) electrons. The zero-order valence-electron chi connectivity index (χ0n) is 9.05. The maximum Gasteiger partial charge on any atom is 0.239 e. The predicted molar refractivity (Wildman–Crippen MR) is 56.2 cm³/mol. The molecule has 0 amide bonds. The fraction of sp³-hybridized carbons (Fsp3) is 0.556. The van der Waals surface area contributed by atoms with Crippen LogP contribution in [-0.2, 0) is 6.42 Å². The van der Waals surface area contributed by atoms with Crippen LogP contribution >= 0.6 is 0 Å². The van der Waals surface area contributed by atoms with Crippen molar-refractivity contribution in [2.45, 2.75) is 19.8 Å². The molecule has 0 saturated carbocycles. The topological polar surface area (TPSA) is 107 Å². The monoisotopic (exact) mass is 222 g/mol. The van der Waals surface area contributed by atoms with E-state index in [1.807, 2.05) is 0 Å². The summed E-state index contributed by atoms with van der Waals surface area (Å²) in [7, 11) is 0. The van der Waals surface area contributed by atoms with Crippen LogP contribution in [0.3, 0.4) is 0 Å². The predicted octanol–water partition coefficient (Wildman–Crippen LogP) is 0.382. The quantitative estimate of drug-likeness (QED) is 0.757. The van der Waals surface area contributed by atoms with Crippen LogP contribution in [0.2, 0.25) is 0 Å². The molecule has 2 aromatic heterocycles. The molecule has 0 aromatic carbocycles. The lowest BCUT2D eigenvalue weighted by molar-refractivity contribution is 0.366. The average Bonchev–Trinajstić information content (AvgIpc) is 2.95. The molecule has 1 atom stereocenters. The standard InChI is InChI=1S/C9H14N6O/c1-6(4-10)2-3-7-13-9(15-16-7)8-11-5-12-14-8/h5-6H,2-4,10H2,1H3,(H,11,12,14). The number of aromatic nitrogens is 5. The highest BCUT2D eigenvalue weighted by Crippen LogP contribution is 2.11. The van der Waals surface area contributed by atoms with Crippen LogP contribution in [0.4, 0.5) is 0 Å². The van der Waals surface area contributed by atoms with E-state index in [-0.39, 0.29) is 0 Å². The first-order chi connectivity index (χ1) is 7.79. The van der Waals surface area contributed by atoms with Gasteiger partial charge in [-0.05, 0) is 18.9 Å². The molecule has 0 aliphatic rings. The summed E-state index contributed by atoms with van der Waals surface area (Å²) < 4.78 is 5.09. The van der Waals surface area contributed by atoms with Gasteiger partial charge in [-0.3, -0.25) is 5.10 Å². The number of hydrogen-bond donors (Lipinski definition) is 2. The number of nitrogens with zero attached hydrogens (tertiary/aromatic N) is 4. The summed E-state index contributed by atoms with van der Waals surface area (Å²) in [4.78, 5) is 8.15. The minimum atomic E-state index is 0.438. The molecule has 2 rings (SSSR count). The van der Waals surface area contributed by atoms with Crippen molar-refractivity contribution in [3.8, 4) is 11.6 Å². The van der Waals surface area contributed by atoms with E-state index in [9.17, 15) is 0 Å². The van der Waals surface area contributed by atoms with E-state index < -0.39 is 0 Å². The third-order valence-corrected chi connectivity index (χ3v) is 2.35. The van der Waals surface area contributed by atoms with Crippen LogP contribution in [0.25, 0.3) is 11.6 Å². The number of H-pyrrole nitrogens is 1. The second kappa shape index (κ2) is 4.84. The fourth-order valence-corrected chi connectivity index (χ4v) is 1.25. The van der Waals surface area contributed by atoms with Crippen molar-refractivity contribution in [2.24, 2.45) is 11.7 Å². The number of nitrogens with one attached hydrogen (secondary N) is 1. The molecule has 0 spiro atoms. The molecule has 3 N–H and O–H groups in total. The summed E-state index contributed by atoms with van der Waals surface area (Å²) in [6.45, 7) is 2.76. The molecule has 7 nitrogen and oxygen atoms in total. The number of hydrogen-bond acceptors (Lipinski definition) is 6. The third kappa shape index (κ3) is 2.43. The van der Waals surface area contributed by atoms with Crippen molar-refractivity contribution < 1.29 is 4.52 Å². The zero-order valence-corrected chi connectivity index (χ0v) is 9.05. The van der Waals surface area contributed by atoms with Gasteiger partial charge in [0.25, 0.3) is 0 Å². The molecule has 16 heavy (non-hydrogen) atoms. The lowest BCUT2D eigenvalue weighted by Crippen LogP contribution is -2.11. The maximum atomic E-state index is 5.53. The van der Waals surface area contributed by atoms with Gasteiger partial charge in [0.05, 0.1) is 0 Å². The van der Waals surface area contributed by atoms with Crippen molar-refractivity contribution in [1.82, 2.24) is 25.3 Å². The van der Waals surface area contributed by atoms with Gasteiger partial charge in [0, 0.05) is 6.42 Å². The first kappa shape index (κ1) is 10.7. The van der Waals surface area contributed by atoms with Crippen molar-refractivity contribution in [3.05, 3.63) is 12.2 Å². The normalized spacial score (nSPS) is 12.9. The molecular weight excluding hydrogens is 208 g/mol. The van der Waals surface area contributed by atoms with Crippen molar-refractivity contribution in [2.75, 3.05) is 6.54 Å². The van der Waals surface area contributed by atoms with Gasteiger partial charge in [0.15, 0.2) is 5.82 Å². The smallest absolute Gasteiger partial charge is 0.239 e. The molecule has 0 saturated heterocycles. The molecule has 86 valence electrons. The molecular formula is C9H14N6O. The minimum Gasteiger partial charge on any atom is -0.339 e. The molecule has 2 heterocycles. The average molecular weight is 222 g/mol. The Bertz CT molecular complexity index is 423. The Morgan fingerprint density at radius 2 is 2.44 bits per heavy atom. The van der Waals surface area contributed by atoms with Crippen LogP contribution < -0.4 is 5.73 Å². The lowest BCUT2D eigenvalue weighted by Gasteiger charge is -2.03. The van der Waals surface area contributed by atoms with Crippen LogP contribution in [0.15, 0.2) is 10.9 Å². The Hall–Kier alpha value is -1.76. The zero-order chi connectivity index (χ0) is 11.4. The summed E-state index contributed by atoms with van der Waals surface area (Å²) in [6.07, 6.45) is 3.08. The Kier molecular flexibility index (Phi) is 3.25. The van der Waals surface area contributed by atoms with Gasteiger partial charge in [-0.2, -0.15) is 10.1 Å². The Balaban J connectivity index is 1.98. The molecule has 1 unspecified atom stereocenters. The van der Waals surface area contributed by atoms with Gasteiger partial charge in [0.1, 0.15) is 6.33 Å². The van der Waals surface area contributed by atoms with Gasteiger partial charge in [0.2, 0.25) is 11.7 Å². The van der Waals surface area contributed by atoms with Gasteiger partial charge >= 0.3 is 0 Å². The molecule has 2 aromatic rings. The molecule has 0 aliphatic carbocycles. The summed E-state index contributed by atoms with van der Waals surface area (Å²) in [6, 6.07) is 0. The van der Waals surface area contributed by atoms with Crippen molar-refractivity contribution >= 4 is 0 Å². The van der Waals surface area contributed by atoms with Gasteiger partial charge in [-0.1, -0.05) is 12.1 Å². The highest BCUT2D eigenvalue weighted by molar-refractivity contribution is 5.39. The van der Waals surface area contributed by atoms with E-state index in [1.165, 1.54) is 6.33 Å². The highest BCUT2D eigenvalue weighted by Gasteiger charge is 2.11. The van der Waals surface area contributed by atoms with Gasteiger partial charge in [-0.25, -0.2) is 4.98 Å².